The second-order valence-electron chi connectivity index (χ2n) is 9.09. The van der Waals surface area contributed by atoms with Crippen LogP contribution in [0.5, 0.6) is 0 Å². The Morgan fingerprint density at radius 1 is 1.06 bits per heavy atom. The number of aromatic nitrogens is 2. The van der Waals surface area contributed by atoms with Crippen LogP contribution in [0.3, 0.4) is 0 Å². The number of sulfonamides is 1. The number of imidazole rings is 1. The number of amides is 1. The van der Waals surface area contributed by atoms with E-state index >= 15 is 0 Å². The molecule has 0 saturated heterocycles. The number of likely N-dealkylation sites (N-methyl/N-ethyl adjacent to an activating group) is 1. The van der Waals surface area contributed by atoms with Crippen molar-refractivity contribution in [2.45, 2.75) is 50.6 Å². The standard InChI is InChI=1S/C26H37N5O3S/c1-7-19-9-11-20(12-10-19)24(29(3)4)18-27-26(32)16-15-25-28-22-17-21(35(33,34)30(5)6)13-14-23(22)31(25)8-2/h9-14,17,24H,7-8,15-16,18H2,1-6H3,(H,27,32). The highest BCUT2D eigenvalue weighted by Gasteiger charge is 2.20. The Morgan fingerprint density at radius 2 is 1.74 bits per heavy atom. The van der Waals surface area contributed by atoms with Crippen molar-refractivity contribution in [1.82, 2.24) is 24.1 Å². The summed E-state index contributed by atoms with van der Waals surface area (Å²) in [7, 11) is 3.51. The van der Waals surface area contributed by atoms with Crippen LogP contribution in [0.1, 0.15) is 43.3 Å². The maximum atomic E-state index is 12.7. The van der Waals surface area contributed by atoms with Crippen LogP contribution in [0.15, 0.2) is 47.4 Å². The zero-order valence-electron chi connectivity index (χ0n) is 21.6. The molecule has 1 unspecified atom stereocenters. The summed E-state index contributed by atoms with van der Waals surface area (Å²) < 4.78 is 28.2. The fourth-order valence-electron chi connectivity index (χ4n) is 4.17. The highest BCUT2D eigenvalue weighted by atomic mass is 32.2. The fourth-order valence-corrected chi connectivity index (χ4v) is 5.09. The number of carbonyl (C=O) groups excluding carboxylic acids is 1. The predicted octanol–water partition coefficient (Wildman–Crippen LogP) is 3.22. The van der Waals surface area contributed by atoms with E-state index < -0.39 is 10.0 Å². The molecule has 3 rings (SSSR count). The zero-order valence-corrected chi connectivity index (χ0v) is 22.4. The second kappa shape index (κ2) is 11.3. The summed E-state index contributed by atoms with van der Waals surface area (Å²) in [5.74, 6) is 0.740. The van der Waals surface area contributed by atoms with Crippen LogP contribution in [-0.4, -0.2) is 67.8 Å². The minimum Gasteiger partial charge on any atom is -0.354 e. The van der Waals surface area contributed by atoms with E-state index in [0.29, 0.717) is 31.4 Å². The molecule has 0 aliphatic heterocycles. The molecule has 3 aromatic rings. The lowest BCUT2D eigenvalue weighted by Crippen LogP contribution is -2.34. The van der Waals surface area contributed by atoms with Gasteiger partial charge in [0.25, 0.3) is 0 Å². The lowest BCUT2D eigenvalue weighted by atomic mass is 10.0. The number of nitrogens with one attached hydrogen (secondary N) is 1. The van der Waals surface area contributed by atoms with E-state index in [1.807, 2.05) is 25.6 Å². The average molecular weight is 500 g/mol. The Morgan fingerprint density at radius 3 is 2.31 bits per heavy atom. The molecule has 9 heteroatoms. The van der Waals surface area contributed by atoms with Gasteiger partial charge in [0.15, 0.2) is 0 Å². The summed E-state index contributed by atoms with van der Waals surface area (Å²) in [4.78, 5) is 19.7. The number of hydrogen-bond acceptors (Lipinski definition) is 5. The highest BCUT2D eigenvalue weighted by molar-refractivity contribution is 7.89. The van der Waals surface area contributed by atoms with E-state index in [1.165, 1.54) is 29.5 Å². The quantitative estimate of drug-likeness (QED) is 0.438. The molecule has 0 fully saturated rings. The molecule has 0 spiro atoms. The summed E-state index contributed by atoms with van der Waals surface area (Å²) in [6, 6.07) is 13.6. The third kappa shape index (κ3) is 6.09. The Labute approximate surface area is 209 Å². The van der Waals surface area contributed by atoms with E-state index in [0.717, 1.165) is 17.8 Å². The minimum atomic E-state index is -3.54. The number of carbonyl (C=O) groups is 1. The number of benzene rings is 2. The van der Waals surface area contributed by atoms with Gasteiger partial charge in [-0.05, 0) is 56.8 Å². The van der Waals surface area contributed by atoms with E-state index in [1.54, 1.807) is 18.2 Å². The van der Waals surface area contributed by atoms with Crippen molar-refractivity contribution in [2.24, 2.45) is 0 Å². The van der Waals surface area contributed by atoms with Gasteiger partial charge in [-0.3, -0.25) is 4.79 Å². The van der Waals surface area contributed by atoms with E-state index in [2.05, 4.69) is 46.4 Å². The summed E-state index contributed by atoms with van der Waals surface area (Å²) in [6.45, 7) is 5.35. The van der Waals surface area contributed by atoms with Crippen LogP contribution in [0.4, 0.5) is 0 Å². The lowest BCUT2D eigenvalue weighted by molar-refractivity contribution is -0.121. The number of fused-ring (bicyclic) bond motifs is 1. The summed E-state index contributed by atoms with van der Waals surface area (Å²) in [5, 5.41) is 3.07. The zero-order chi connectivity index (χ0) is 25.8. The van der Waals surface area contributed by atoms with Gasteiger partial charge in [-0.25, -0.2) is 17.7 Å². The first-order chi connectivity index (χ1) is 16.6. The fraction of sp³-hybridized carbons (Fsp3) is 0.462. The van der Waals surface area contributed by atoms with E-state index in [9.17, 15) is 13.2 Å². The van der Waals surface area contributed by atoms with E-state index in [-0.39, 0.29) is 16.8 Å². The monoisotopic (exact) mass is 499 g/mol. The molecular weight excluding hydrogens is 462 g/mol. The highest BCUT2D eigenvalue weighted by Crippen LogP contribution is 2.23. The van der Waals surface area contributed by atoms with Gasteiger partial charge < -0.3 is 14.8 Å². The lowest BCUT2D eigenvalue weighted by Gasteiger charge is -2.25. The molecule has 1 heterocycles. The van der Waals surface area contributed by atoms with Crippen molar-refractivity contribution in [3.63, 3.8) is 0 Å². The van der Waals surface area contributed by atoms with Gasteiger partial charge in [0.1, 0.15) is 5.82 Å². The van der Waals surface area contributed by atoms with Crippen molar-refractivity contribution in [3.05, 3.63) is 59.4 Å². The molecule has 1 atom stereocenters. The van der Waals surface area contributed by atoms with Gasteiger partial charge in [0, 0.05) is 40.0 Å². The molecule has 2 aromatic carbocycles. The van der Waals surface area contributed by atoms with Gasteiger partial charge in [-0.1, -0.05) is 31.2 Å². The minimum absolute atomic E-state index is 0.0346. The molecule has 0 saturated carbocycles. The molecule has 1 N–H and O–H groups in total. The van der Waals surface area contributed by atoms with Crippen LogP contribution in [0.25, 0.3) is 11.0 Å². The molecule has 8 nitrogen and oxygen atoms in total. The molecule has 1 aromatic heterocycles. The third-order valence-electron chi connectivity index (χ3n) is 6.36. The van der Waals surface area contributed by atoms with Crippen molar-refractivity contribution in [3.8, 4) is 0 Å². The molecule has 0 aliphatic rings. The van der Waals surface area contributed by atoms with Crippen LogP contribution >= 0.6 is 0 Å². The van der Waals surface area contributed by atoms with Crippen molar-refractivity contribution in [2.75, 3.05) is 34.7 Å². The smallest absolute Gasteiger partial charge is 0.242 e. The van der Waals surface area contributed by atoms with Gasteiger partial charge in [0.05, 0.1) is 22.0 Å². The molecular formula is C26H37N5O3S. The largest absolute Gasteiger partial charge is 0.354 e. The molecule has 0 bridgehead atoms. The topological polar surface area (TPSA) is 87.5 Å². The average Bonchev–Trinajstić information content (AvgIpc) is 3.19. The summed E-state index contributed by atoms with van der Waals surface area (Å²) in [5.41, 5.74) is 3.95. The molecule has 1 amide bonds. The Hall–Kier alpha value is -2.75. The van der Waals surface area contributed by atoms with Gasteiger partial charge in [0.2, 0.25) is 15.9 Å². The maximum Gasteiger partial charge on any atom is 0.242 e. The Bertz CT molecular complexity index is 1260. The van der Waals surface area contributed by atoms with Crippen LogP contribution in [0, 0.1) is 0 Å². The Balaban J connectivity index is 1.69. The van der Waals surface area contributed by atoms with Crippen molar-refractivity contribution in [1.29, 1.82) is 0 Å². The second-order valence-corrected chi connectivity index (χ2v) is 11.2. The normalized spacial score (nSPS) is 13.0. The molecule has 0 aliphatic carbocycles. The first kappa shape index (κ1) is 26.8. The van der Waals surface area contributed by atoms with Crippen molar-refractivity contribution < 1.29 is 13.2 Å². The number of hydrogen-bond donors (Lipinski definition) is 1. The number of rotatable bonds is 11. The first-order valence-electron chi connectivity index (χ1n) is 12.0. The van der Waals surface area contributed by atoms with E-state index in [4.69, 9.17) is 0 Å². The predicted molar refractivity (Wildman–Crippen MR) is 140 cm³/mol. The molecule has 35 heavy (non-hydrogen) atoms. The SMILES string of the molecule is CCc1ccc(C(CNC(=O)CCc2nc3cc(S(=O)(=O)N(C)C)ccc3n2CC)N(C)C)cc1. The van der Waals surface area contributed by atoms with Gasteiger partial charge in [-0.2, -0.15) is 0 Å². The Kier molecular flexibility index (Phi) is 8.69. The van der Waals surface area contributed by atoms with Crippen LogP contribution in [0.2, 0.25) is 0 Å². The summed E-state index contributed by atoms with van der Waals surface area (Å²) in [6.07, 6.45) is 1.78. The maximum absolute atomic E-state index is 12.7. The van der Waals surface area contributed by atoms with Crippen LogP contribution < -0.4 is 5.32 Å². The molecule has 190 valence electrons. The van der Waals surface area contributed by atoms with Crippen LogP contribution in [-0.2, 0) is 34.2 Å². The molecule has 0 radical (unpaired) electrons. The van der Waals surface area contributed by atoms with Gasteiger partial charge >= 0.3 is 0 Å². The first-order valence-corrected chi connectivity index (χ1v) is 13.5. The number of aryl methyl sites for hydroxylation is 3. The van der Waals surface area contributed by atoms with Crippen molar-refractivity contribution >= 4 is 27.0 Å². The number of nitrogens with zero attached hydrogens (tertiary/aromatic N) is 4. The van der Waals surface area contributed by atoms with Gasteiger partial charge in [-0.15, -0.1) is 0 Å². The summed E-state index contributed by atoms with van der Waals surface area (Å²) >= 11 is 0. The third-order valence-corrected chi connectivity index (χ3v) is 8.17.